The van der Waals surface area contributed by atoms with E-state index in [1.54, 1.807) is 43.3 Å². The molecule has 4 rings (SSSR count). The van der Waals surface area contributed by atoms with E-state index in [1.807, 2.05) is 6.07 Å². The van der Waals surface area contributed by atoms with Gasteiger partial charge in [0.15, 0.2) is 0 Å². The van der Waals surface area contributed by atoms with Crippen molar-refractivity contribution >= 4 is 46.9 Å². The molecule has 0 spiro atoms. The number of pyridine rings is 1. The number of hydrogen-bond acceptors (Lipinski definition) is 5. The molecule has 36 heavy (non-hydrogen) atoms. The van der Waals surface area contributed by atoms with Crippen LogP contribution in [0.5, 0.6) is 0 Å². The van der Waals surface area contributed by atoms with Crippen LogP contribution in [-0.4, -0.2) is 39.4 Å². The van der Waals surface area contributed by atoms with Crippen molar-refractivity contribution in [2.75, 3.05) is 15.5 Å². The van der Waals surface area contributed by atoms with Crippen molar-refractivity contribution in [1.82, 2.24) is 9.88 Å². The number of amides is 5. The molecule has 0 saturated carbocycles. The van der Waals surface area contributed by atoms with Crippen LogP contribution in [0.15, 0.2) is 77.8 Å². The minimum atomic E-state index is -4.44. The Labute approximate surface area is 208 Å². The number of thioether (sulfide) groups is 1. The molecule has 3 aromatic rings. The summed E-state index contributed by atoms with van der Waals surface area (Å²) in [6, 6.07) is 15.2. The number of hydrogen-bond donors (Lipinski definition) is 2. The summed E-state index contributed by atoms with van der Waals surface area (Å²) in [4.78, 5) is 44.5. The molecule has 0 bridgehead atoms. The predicted molar refractivity (Wildman–Crippen MR) is 130 cm³/mol. The van der Waals surface area contributed by atoms with Gasteiger partial charge >= 0.3 is 17.6 Å². The first kappa shape index (κ1) is 25.0. The first-order chi connectivity index (χ1) is 17.1. The third-order valence-electron chi connectivity index (χ3n) is 5.26. The zero-order valence-corrected chi connectivity index (χ0v) is 19.6. The van der Waals surface area contributed by atoms with E-state index in [2.05, 4.69) is 15.6 Å². The second kappa shape index (κ2) is 10.3. The number of nitrogens with one attached hydrogen (secondary N) is 2. The number of nitrogens with zero attached hydrogens (tertiary/aromatic N) is 3. The Morgan fingerprint density at radius 2 is 1.72 bits per heavy atom. The Bertz CT molecular complexity index is 1270. The van der Waals surface area contributed by atoms with Gasteiger partial charge in [-0.25, -0.2) is 19.5 Å². The van der Waals surface area contributed by atoms with Crippen LogP contribution in [-0.2, 0) is 11.3 Å². The lowest BCUT2D eigenvalue weighted by Crippen LogP contribution is -2.33. The van der Waals surface area contributed by atoms with E-state index in [0.717, 1.165) is 4.90 Å². The van der Waals surface area contributed by atoms with Gasteiger partial charge in [-0.15, -0.1) is 0 Å². The van der Waals surface area contributed by atoms with Crippen LogP contribution in [0.25, 0.3) is 0 Å². The number of benzene rings is 2. The van der Waals surface area contributed by atoms with Gasteiger partial charge in [0.05, 0.1) is 5.69 Å². The number of rotatable bonds is 6. The average Bonchev–Trinajstić information content (AvgIpc) is 3.02. The van der Waals surface area contributed by atoms with Gasteiger partial charge in [-0.1, -0.05) is 18.2 Å². The standard InChI is InChI=1S/C24H20F3N5O3S/c1-15-21(33)32(18-7-9-19(10-8-18)36-24(25,26)27)23(35)31(15)14-16-11-12-28-20(13-16)30-22(34)29-17-5-3-2-4-6-17/h2-13,15H,14H2,1H3,(H2,28,29,30,34). The molecular formula is C24H20F3N5O3S. The van der Waals surface area contributed by atoms with Crippen molar-refractivity contribution in [3.05, 3.63) is 78.5 Å². The first-order valence-corrected chi connectivity index (χ1v) is 11.5. The molecule has 5 amide bonds. The highest BCUT2D eigenvalue weighted by Gasteiger charge is 2.43. The van der Waals surface area contributed by atoms with Crippen molar-refractivity contribution < 1.29 is 27.6 Å². The van der Waals surface area contributed by atoms with Crippen LogP contribution in [0, 0.1) is 0 Å². The Morgan fingerprint density at radius 3 is 2.39 bits per heavy atom. The van der Waals surface area contributed by atoms with Gasteiger partial charge in [0.2, 0.25) is 0 Å². The fourth-order valence-electron chi connectivity index (χ4n) is 3.59. The summed E-state index contributed by atoms with van der Waals surface area (Å²) in [5.41, 5.74) is -3.04. The number of halogens is 3. The van der Waals surface area contributed by atoms with E-state index < -0.39 is 29.5 Å². The van der Waals surface area contributed by atoms with Gasteiger partial charge < -0.3 is 10.2 Å². The number of imide groups is 1. The van der Waals surface area contributed by atoms with E-state index in [4.69, 9.17) is 0 Å². The summed E-state index contributed by atoms with van der Waals surface area (Å²) in [7, 11) is 0. The molecule has 1 saturated heterocycles. The van der Waals surface area contributed by atoms with Gasteiger partial charge in [0.25, 0.3) is 5.91 Å². The summed E-state index contributed by atoms with van der Waals surface area (Å²) >= 11 is -0.277. The van der Waals surface area contributed by atoms with Crippen molar-refractivity contribution in [3.63, 3.8) is 0 Å². The largest absolute Gasteiger partial charge is 0.446 e. The summed E-state index contributed by atoms with van der Waals surface area (Å²) in [6.07, 6.45) is 1.47. The molecule has 2 N–H and O–H groups in total. The first-order valence-electron chi connectivity index (χ1n) is 10.7. The number of anilines is 3. The van der Waals surface area contributed by atoms with Gasteiger partial charge in [0, 0.05) is 23.3 Å². The molecule has 1 atom stereocenters. The molecule has 1 aromatic heterocycles. The molecular weight excluding hydrogens is 495 g/mol. The Morgan fingerprint density at radius 1 is 1.03 bits per heavy atom. The molecule has 0 aliphatic carbocycles. The summed E-state index contributed by atoms with van der Waals surface area (Å²) < 4.78 is 37.7. The highest BCUT2D eigenvalue weighted by Crippen LogP contribution is 2.38. The van der Waals surface area contributed by atoms with Crippen molar-refractivity contribution in [2.24, 2.45) is 0 Å². The molecule has 0 radical (unpaired) electrons. The maximum Gasteiger partial charge on any atom is 0.446 e. The Balaban J connectivity index is 1.44. The summed E-state index contributed by atoms with van der Waals surface area (Å²) in [5.74, 6) is -0.243. The van der Waals surface area contributed by atoms with Crippen molar-refractivity contribution in [1.29, 1.82) is 0 Å². The SMILES string of the molecule is CC1C(=O)N(c2ccc(SC(F)(F)F)cc2)C(=O)N1Cc1ccnc(NC(=O)Nc2ccccc2)c1. The predicted octanol–water partition coefficient (Wildman–Crippen LogP) is 5.69. The van der Waals surface area contributed by atoms with Crippen LogP contribution in [0.2, 0.25) is 0 Å². The number of aromatic nitrogens is 1. The Hall–Kier alpha value is -4.06. The molecule has 1 aliphatic rings. The van der Waals surface area contributed by atoms with Crippen LogP contribution in [0.1, 0.15) is 12.5 Å². The fourth-order valence-corrected chi connectivity index (χ4v) is 4.12. The lowest BCUT2D eigenvalue weighted by molar-refractivity contribution is -0.119. The number of para-hydroxylation sites is 1. The quantitative estimate of drug-likeness (QED) is 0.325. The summed E-state index contributed by atoms with van der Waals surface area (Å²) in [5, 5.41) is 5.29. The molecule has 2 heterocycles. The molecule has 1 unspecified atom stereocenters. The fraction of sp³-hybridized carbons (Fsp3) is 0.167. The van der Waals surface area contributed by atoms with Crippen molar-refractivity contribution in [3.8, 4) is 0 Å². The summed E-state index contributed by atoms with van der Waals surface area (Å²) in [6.45, 7) is 1.63. The molecule has 2 aromatic carbocycles. The molecule has 1 aliphatic heterocycles. The lowest BCUT2D eigenvalue weighted by atomic mass is 10.2. The number of alkyl halides is 3. The second-order valence-electron chi connectivity index (χ2n) is 7.80. The zero-order valence-electron chi connectivity index (χ0n) is 18.8. The van der Waals surface area contributed by atoms with E-state index >= 15 is 0 Å². The average molecular weight is 516 g/mol. The van der Waals surface area contributed by atoms with Gasteiger partial charge in [-0.3, -0.25) is 10.1 Å². The van der Waals surface area contributed by atoms with Crippen LogP contribution < -0.4 is 15.5 Å². The highest BCUT2D eigenvalue weighted by atomic mass is 32.2. The Kier molecular flexibility index (Phi) is 7.15. The minimum absolute atomic E-state index is 0.0524. The minimum Gasteiger partial charge on any atom is -0.308 e. The van der Waals surface area contributed by atoms with Gasteiger partial charge in [-0.05, 0) is 72.8 Å². The number of carbonyl (C=O) groups excluding carboxylic acids is 3. The van der Waals surface area contributed by atoms with E-state index in [0.29, 0.717) is 11.3 Å². The maximum atomic E-state index is 13.1. The molecule has 186 valence electrons. The normalized spacial score (nSPS) is 15.8. The van der Waals surface area contributed by atoms with Crippen LogP contribution in [0.4, 0.5) is 40.0 Å². The third-order valence-corrected chi connectivity index (χ3v) is 6.00. The van der Waals surface area contributed by atoms with E-state index in [-0.39, 0.29) is 34.7 Å². The van der Waals surface area contributed by atoms with E-state index in [9.17, 15) is 27.6 Å². The number of carbonyl (C=O) groups is 3. The molecule has 12 heteroatoms. The lowest BCUT2D eigenvalue weighted by Gasteiger charge is -2.20. The highest BCUT2D eigenvalue weighted by molar-refractivity contribution is 8.00. The maximum absolute atomic E-state index is 13.1. The van der Waals surface area contributed by atoms with Crippen LogP contribution in [0.3, 0.4) is 0 Å². The second-order valence-corrected chi connectivity index (χ2v) is 8.93. The van der Waals surface area contributed by atoms with Gasteiger partial charge in [-0.2, -0.15) is 13.2 Å². The topological polar surface area (TPSA) is 94.6 Å². The molecule has 1 fully saturated rings. The molecule has 8 nitrogen and oxygen atoms in total. The monoisotopic (exact) mass is 515 g/mol. The van der Waals surface area contributed by atoms with Crippen molar-refractivity contribution in [2.45, 2.75) is 29.9 Å². The van der Waals surface area contributed by atoms with Gasteiger partial charge in [0.1, 0.15) is 11.9 Å². The number of urea groups is 2. The third kappa shape index (κ3) is 5.95. The zero-order chi connectivity index (χ0) is 25.9. The van der Waals surface area contributed by atoms with E-state index in [1.165, 1.54) is 35.4 Å². The smallest absolute Gasteiger partial charge is 0.308 e. The van der Waals surface area contributed by atoms with Crippen LogP contribution >= 0.6 is 11.8 Å².